The zero-order valence-electron chi connectivity index (χ0n) is 10.3. The molecule has 0 bridgehead atoms. The van der Waals surface area contributed by atoms with Crippen LogP contribution in [0.2, 0.25) is 0 Å². The Bertz CT molecular complexity index is 459. The summed E-state index contributed by atoms with van der Waals surface area (Å²) in [5.41, 5.74) is 8.14. The van der Waals surface area contributed by atoms with Crippen molar-refractivity contribution in [3.8, 4) is 11.5 Å². The number of carbonyl (C=O) groups is 1. The van der Waals surface area contributed by atoms with Gasteiger partial charge in [0, 0.05) is 11.6 Å². The molecule has 98 valence electrons. The first kappa shape index (κ1) is 12.7. The predicted octanol–water partition coefficient (Wildman–Crippen LogP) is 0.975. The van der Waals surface area contributed by atoms with Crippen molar-refractivity contribution in [1.82, 2.24) is 0 Å². The van der Waals surface area contributed by atoms with Crippen molar-refractivity contribution >= 4 is 5.97 Å². The molecule has 0 saturated heterocycles. The average Bonchev–Trinajstić information content (AvgIpc) is 2.69. The number of fused-ring (bicyclic) bond motifs is 1. The maximum Gasteiger partial charge on any atom is 0.306 e. The van der Waals surface area contributed by atoms with E-state index in [0.29, 0.717) is 11.5 Å². The van der Waals surface area contributed by atoms with Crippen LogP contribution in [0.3, 0.4) is 0 Å². The summed E-state index contributed by atoms with van der Waals surface area (Å²) in [6.45, 7) is 0.136. The largest absolute Gasteiger partial charge is 0.493 e. The Morgan fingerprint density at radius 2 is 2.28 bits per heavy atom. The van der Waals surface area contributed by atoms with E-state index in [0.717, 1.165) is 24.0 Å². The minimum Gasteiger partial charge on any atom is -0.493 e. The van der Waals surface area contributed by atoms with Crippen LogP contribution in [0.4, 0.5) is 0 Å². The molecule has 1 aliphatic carbocycles. The number of hydrogen-bond acceptors (Lipinski definition) is 4. The van der Waals surface area contributed by atoms with Gasteiger partial charge < -0.3 is 20.3 Å². The number of hydrogen-bond donors (Lipinski definition) is 2. The Hall–Kier alpha value is -1.75. The maximum absolute atomic E-state index is 10.5. The minimum atomic E-state index is -0.877. The van der Waals surface area contributed by atoms with Crippen molar-refractivity contribution < 1.29 is 19.4 Å². The van der Waals surface area contributed by atoms with Crippen molar-refractivity contribution in [1.29, 1.82) is 0 Å². The van der Waals surface area contributed by atoms with E-state index < -0.39 is 5.97 Å². The summed E-state index contributed by atoms with van der Waals surface area (Å²) >= 11 is 0. The van der Waals surface area contributed by atoms with Crippen LogP contribution in [-0.4, -0.2) is 30.8 Å². The SMILES string of the molecule is COc1ccc2c(c1OCCC(=O)O)CC(N)C2. The Labute approximate surface area is 106 Å². The number of ether oxygens (including phenoxy) is 2. The van der Waals surface area contributed by atoms with E-state index >= 15 is 0 Å². The highest BCUT2D eigenvalue weighted by atomic mass is 16.5. The highest BCUT2D eigenvalue weighted by Crippen LogP contribution is 2.38. The lowest BCUT2D eigenvalue weighted by Gasteiger charge is -2.14. The van der Waals surface area contributed by atoms with Crippen LogP contribution >= 0.6 is 0 Å². The topological polar surface area (TPSA) is 81.8 Å². The van der Waals surface area contributed by atoms with Crippen LogP contribution in [0.5, 0.6) is 11.5 Å². The van der Waals surface area contributed by atoms with Gasteiger partial charge in [-0.25, -0.2) is 0 Å². The molecule has 0 spiro atoms. The molecule has 0 amide bonds. The number of methoxy groups -OCH3 is 1. The Kier molecular flexibility index (Phi) is 3.72. The zero-order valence-corrected chi connectivity index (χ0v) is 10.3. The first-order valence-corrected chi connectivity index (χ1v) is 5.90. The molecule has 1 aromatic carbocycles. The van der Waals surface area contributed by atoms with Gasteiger partial charge in [0.1, 0.15) is 0 Å². The molecule has 1 atom stereocenters. The molecule has 0 radical (unpaired) electrons. The molecule has 1 aromatic rings. The average molecular weight is 251 g/mol. The molecular weight excluding hydrogens is 234 g/mol. The Morgan fingerprint density at radius 3 is 2.94 bits per heavy atom. The molecule has 0 aromatic heterocycles. The van der Waals surface area contributed by atoms with Crippen molar-refractivity contribution in [2.24, 2.45) is 5.73 Å². The van der Waals surface area contributed by atoms with Gasteiger partial charge in [0.05, 0.1) is 20.1 Å². The molecule has 1 aliphatic rings. The fraction of sp³-hybridized carbons (Fsp3) is 0.462. The molecule has 3 N–H and O–H groups in total. The van der Waals surface area contributed by atoms with Gasteiger partial charge in [0.15, 0.2) is 11.5 Å². The van der Waals surface area contributed by atoms with Crippen molar-refractivity contribution in [2.75, 3.05) is 13.7 Å². The van der Waals surface area contributed by atoms with Crippen LogP contribution in [0.25, 0.3) is 0 Å². The van der Waals surface area contributed by atoms with Gasteiger partial charge in [-0.05, 0) is 24.5 Å². The second kappa shape index (κ2) is 5.27. The normalized spacial score (nSPS) is 17.3. The van der Waals surface area contributed by atoms with Crippen LogP contribution < -0.4 is 15.2 Å². The van der Waals surface area contributed by atoms with Crippen LogP contribution in [0.1, 0.15) is 17.5 Å². The van der Waals surface area contributed by atoms with E-state index in [4.69, 9.17) is 20.3 Å². The lowest BCUT2D eigenvalue weighted by atomic mass is 10.1. The monoisotopic (exact) mass is 251 g/mol. The van der Waals surface area contributed by atoms with Gasteiger partial charge in [-0.2, -0.15) is 0 Å². The smallest absolute Gasteiger partial charge is 0.306 e. The number of benzene rings is 1. The van der Waals surface area contributed by atoms with Gasteiger partial charge >= 0.3 is 5.97 Å². The summed E-state index contributed by atoms with van der Waals surface area (Å²) in [6, 6.07) is 3.94. The van der Waals surface area contributed by atoms with E-state index in [2.05, 4.69) is 0 Å². The highest BCUT2D eigenvalue weighted by molar-refractivity contribution is 5.66. The third-order valence-corrected chi connectivity index (χ3v) is 3.05. The number of carboxylic acids is 1. The molecule has 5 heteroatoms. The molecule has 2 rings (SSSR count). The lowest BCUT2D eigenvalue weighted by molar-refractivity contribution is -0.137. The highest BCUT2D eigenvalue weighted by Gasteiger charge is 2.24. The summed E-state index contributed by atoms with van der Waals surface area (Å²) in [5.74, 6) is 0.399. The van der Waals surface area contributed by atoms with Gasteiger partial charge in [0.25, 0.3) is 0 Å². The minimum absolute atomic E-state index is 0.0289. The number of rotatable bonds is 5. The van der Waals surface area contributed by atoms with Crippen molar-refractivity contribution in [2.45, 2.75) is 25.3 Å². The van der Waals surface area contributed by atoms with Crippen LogP contribution in [0, 0.1) is 0 Å². The summed E-state index contributed by atoms with van der Waals surface area (Å²) in [7, 11) is 1.57. The van der Waals surface area contributed by atoms with Gasteiger partial charge in [-0.3, -0.25) is 4.79 Å². The zero-order chi connectivity index (χ0) is 13.1. The summed E-state index contributed by atoms with van der Waals surface area (Å²) in [4.78, 5) is 10.5. The summed E-state index contributed by atoms with van der Waals surface area (Å²) < 4.78 is 10.8. The van der Waals surface area contributed by atoms with Crippen LogP contribution in [0.15, 0.2) is 12.1 Å². The van der Waals surface area contributed by atoms with E-state index in [-0.39, 0.29) is 19.1 Å². The number of nitrogens with two attached hydrogens (primary N) is 1. The molecular formula is C13H17NO4. The third-order valence-electron chi connectivity index (χ3n) is 3.05. The van der Waals surface area contributed by atoms with Crippen molar-refractivity contribution in [3.63, 3.8) is 0 Å². The van der Waals surface area contributed by atoms with Gasteiger partial charge in [0.2, 0.25) is 0 Å². The molecule has 1 unspecified atom stereocenters. The number of aliphatic carboxylic acids is 1. The molecule has 0 heterocycles. The summed E-state index contributed by atoms with van der Waals surface area (Å²) in [6.07, 6.45) is 1.54. The third kappa shape index (κ3) is 2.56. The van der Waals surface area contributed by atoms with E-state index in [1.807, 2.05) is 12.1 Å². The second-order valence-electron chi connectivity index (χ2n) is 4.40. The Balaban J connectivity index is 2.21. The molecule has 0 fully saturated rings. The fourth-order valence-corrected chi connectivity index (χ4v) is 2.24. The van der Waals surface area contributed by atoms with Crippen molar-refractivity contribution in [3.05, 3.63) is 23.3 Å². The maximum atomic E-state index is 10.5. The molecule has 5 nitrogen and oxygen atoms in total. The lowest BCUT2D eigenvalue weighted by Crippen LogP contribution is -2.19. The van der Waals surface area contributed by atoms with E-state index in [9.17, 15) is 4.79 Å². The molecule has 0 saturated carbocycles. The first-order chi connectivity index (χ1) is 8.61. The predicted molar refractivity (Wildman–Crippen MR) is 66.1 cm³/mol. The van der Waals surface area contributed by atoms with Crippen LogP contribution in [-0.2, 0) is 17.6 Å². The summed E-state index contributed by atoms with van der Waals surface area (Å²) in [5, 5.41) is 8.62. The van der Waals surface area contributed by atoms with E-state index in [1.54, 1.807) is 7.11 Å². The molecule has 18 heavy (non-hydrogen) atoms. The quantitative estimate of drug-likeness (QED) is 0.815. The van der Waals surface area contributed by atoms with Gasteiger partial charge in [-0.1, -0.05) is 6.07 Å². The number of carboxylic acid groups (broad SMARTS) is 1. The molecule has 0 aliphatic heterocycles. The fourth-order valence-electron chi connectivity index (χ4n) is 2.24. The first-order valence-electron chi connectivity index (χ1n) is 5.90. The standard InChI is InChI=1S/C13H17NO4/c1-17-11-3-2-8-6-9(14)7-10(8)13(11)18-5-4-12(15)16/h2-3,9H,4-7,14H2,1H3,(H,15,16). The second-order valence-corrected chi connectivity index (χ2v) is 4.40. The van der Waals surface area contributed by atoms with E-state index in [1.165, 1.54) is 0 Å². The Morgan fingerprint density at radius 1 is 1.50 bits per heavy atom. The van der Waals surface area contributed by atoms with Gasteiger partial charge in [-0.15, -0.1) is 0 Å².